The van der Waals surface area contributed by atoms with Gasteiger partial charge in [0, 0.05) is 19.1 Å². The van der Waals surface area contributed by atoms with Crippen LogP contribution in [-0.4, -0.2) is 31.1 Å². The van der Waals surface area contributed by atoms with E-state index >= 15 is 0 Å². The lowest BCUT2D eigenvalue weighted by Crippen LogP contribution is -2.25. The van der Waals surface area contributed by atoms with Gasteiger partial charge in [-0.15, -0.1) is 11.3 Å². The highest BCUT2D eigenvalue weighted by atomic mass is 32.1. The van der Waals surface area contributed by atoms with Gasteiger partial charge in [-0.3, -0.25) is 9.59 Å². The third-order valence-corrected chi connectivity index (χ3v) is 5.54. The zero-order chi connectivity index (χ0) is 16.8. The summed E-state index contributed by atoms with van der Waals surface area (Å²) >= 11 is 1.33. The van der Waals surface area contributed by atoms with Crippen molar-refractivity contribution in [1.29, 1.82) is 0 Å². The van der Waals surface area contributed by atoms with Gasteiger partial charge in [-0.05, 0) is 44.2 Å². The number of rotatable bonds is 8. The molecule has 2 aliphatic rings. The van der Waals surface area contributed by atoms with Gasteiger partial charge in [-0.1, -0.05) is 19.3 Å². The molecule has 5 nitrogen and oxygen atoms in total. The lowest BCUT2D eigenvalue weighted by molar-refractivity contribution is -0.117. The molecule has 2 aliphatic carbocycles. The van der Waals surface area contributed by atoms with Crippen molar-refractivity contribution in [2.75, 3.05) is 18.5 Å². The summed E-state index contributed by atoms with van der Waals surface area (Å²) < 4.78 is 5.85. The fourth-order valence-electron chi connectivity index (χ4n) is 2.94. The number of carbonyl (C=O) groups excluding carboxylic acids is 2. The first-order valence-corrected chi connectivity index (χ1v) is 9.84. The minimum absolute atomic E-state index is 0.0728. The van der Waals surface area contributed by atoms with Gasteiger partial charge in [0.2, 0.25) is 5.91 Å². The van der Waals surface area contributed by atoms with Crippen LogP contribution in [0.1, 0.15) is 61.0 Å². The van der Waals surface area contributed by atoms with Crippen molar-refractivity contribution in [3.8, 4) is 0 Å². The van der Waals surface area contributed by atoms with Gasteiger partial charge >= 0.3 is 0 Å². The van der Waals surface area contributed by atoms with E-state index in [9.17, 15) is 9.59 Å². The molecule has 6 heteroatoms. The van der Waals surface area contributed by atoms with Gasteiger partial charge in [0.15, 0.2) is 0 Å². The van der Waals surface area contributed by atoms with E-state index in [4.69, 9.17) is 4.74 Å². The molecule has 2 fully saturated rings. The van der Waals surface area contributed by atoms with Gasteiger partial charge in [0.1, 0.15) is 0 Å². The number of anilines is 1. The van der Waals surface area contributed by atoms with E-state index in [1.165, 1.54) is 43.4 Å². The first-order valence-electron chi connectivity index (χ1n) is 9.03. The normalized spacial score (nSPS) is 18.3. The molecule has 2 amide bonds. The Balaban J connectivity index is 1.31. The molecule has 0 saturated heterocycles. The maximum absolute atomic E-state index is 12.1. The zero-order valence-corrected chi connectivity index (χ0v) is 14.8. The van der Waals surface area contributed by atoms with Gasteiger partial charge in [0.25, 0.3) is 5.91 Å². The maximum Gasteiger partial charge on any atom is 0.261 e. The fraction of sp³-hybridized carbons (Fsp3) is 0.667. The fourth-order valence-corrected chi connectivity index (χ4v) is 3.76. The number of hydrogen-bond acceptors (Lipinski definition) is 4. The molecule has 0 unspecified atom stereocenters. The number of nitrogens with one attached hydrogen (secondary N) is 2. The Morgan fingerprint density at radius 3 is 2.67 bits per heavy atom. The van der Waals surface area contributed by atoms with Crippen molar-refractivity contribution in [2.45, 2.75) is 57.5 Å². The second-order valence-corrected chi connectivity index (χ2v) is 7.75. The van der Waals surface area contributed by atoms with E-state index in [1.807, 2.05) is 0 Å². The predicted octanol–water partition coefficient (Wildman–Crippen LogP) is 3.57. The van der Waals surface area contributed by atoms with Gasteiger partial charge in [-0.25, -0.2) is 0 Å². The van der Waals surface area contributed by atoms with E-state index in [1.54, 1.807) is 12.1 Å². The van der Waals surface area contributed by atoms with Crippen molar-refractivity contribution < 1.29 is 14.3 Å². The number of hydrogen-bond donors (Lipinski definition) is 2. The Hall–Kier alpha value is -1.40. The Morgan fingerprint density at radius 1 is 1.12 bits per heavy atom. The quantitative estimate of drug-likeness (QED) is 0.704. The average molecular weight is 350 g/mol. The van der Waals surface area contributed by atoms with Crippen LogP contribution in [0.3, 0.4) is 0 Å². The molecule has 2 saturated carbocycles. The number of carbonyl (C=O) groups is 2. The standard InChI is InChI=1S/C18H26N2O3S/c21-17(13-7-8-13)20-16-10-9-15(24-16)18(22)19-11-4-12-23-14-5-2-1-3-6-14/h9-10,13-14H,1-8,11-12H2,(H,19,22)(H,20,21). The molecule has 0 spiro atoms. The molecule has 1 heterocycles. The predicted molar refractivity (Wildman–Crippen MR) is 95.4 cm³/mol. The van der Waals surface area contributed by atoms with E-state index in [-0.39, 0.29) is 17.7 Å². The Morgan fingerprint density at radius 2 is 1.92 bits per heavy atom. The first-order chi connectivity index (χ1) is 11.7. The molecule has 2 N–H and O–H groups in total. The lowest BCUT2D eigenvalue weighted by Gasteiger charge is -2.21. The largest absolute Gasteiger partial charge is 0.378 e. The van der Waals surface area contributed by atoms with E-state index in [2.05, 4.69) is 10.6 Å². The van der Waals surface area contributed by atoms with Crippen LogP contribution < -0.4 is 10.6 Å². The summed E-state index contributed by atoms with van der Waals surface area (Å²) in [6.45, 7) is 1.32. The van der Waals surface area contributed by atoms with Gasteiger partial charge in [0.05, 0.1) is 16.0 Å². The summed E-state index contributed by atoms with van der Waals surface area (Å²) in [6, 6.07) is 3.56. The highest BCUT2D eigenvalue weighted by molar-refractivity contribution is 7.18. The van der Waals surface area contributed by atoms with Crippen LogP contribution in [0, 0.1) is 5.92 Å². The SMILES string of the molecule is O=C(NCCCOC1CCCCC1)c1ccc(NC(=O)C2CC2)s1. The molecule has 132 valence electrons. The molecule has 1 aromatic heterocycles. The molecule has 0 aliphatic heterocycles. The average Bonchev–Trinajstić information content (AvgIpc) is 3.35. The maximum atomic E-state index is 12.1. The molecule has 0 radical (unpaired) electrons. The molecule has 1 aromatic rings. The molecule has 0 bridgehead atoms. The van der Waals surface area contributed by atoms with Crippen LogP contribution in [0.15, 0.2) is 12.1 Å². The molecule has 24 heavy (non-hydrogen) atoms. The number of amides is 2. The molecular formula is C18H26N2O3S. The molecular weight excluding hydrogens is 324 g/mol. The molecule has 0 aromatic carbocycles. The molecule has 0 atom stereocenters. The van der Waals surface area contributed by atoms with Crippen LogP contribution in [0.2, 0.25) is 0 Å². The van der Waals surface area contributed by atoms with Crippen LogP contribution in [0.4, 0.5) is 5.00 Å². The lowest BCUT2D eigenvalue weighted by atomic mass is 9.98. The topological polar surface area (TPSA) is 67.4 Å². The number of ether oxygens (including phenoxy) is 1. The second-order valence-electron chi connectivity index (χ2n) is 6.67. The monoisotopic (exact) mass is 350 g/mol. The van der Waals surface area contributed by atoms with Crippen molar-refractivity contribution >= 4 is 28.2 Å². The smallest absolute Gasteiger partial charge is 0.261 e. The third-order valence-electron chi connectivity index (χ3n) is 4.54. The van der Waals surface area contributed by atoms with Gasteiger partial charge in [-0.2, -0.15) is 0 Å². The minimum Gasteiger partial charge on any atom is -0.378 e. The van der Waals surface area contributed by atoms with Crippen LogP contribution in [0.25, 0.3) is 0 Å². The van der Waals surface area contributed by atoms with Crippen molar-refractivity contribution in [1.82, 2.24) is 5.32 Å². The summed E-state index contributed by atoms with van der Waals surface area (Å²) in [5.41, 5.74) is 0. The van der Waals surface area contributed by atoms with E-state index in [0.717, 1.165) is 24.3 Å². The van der Waals surface area contributed by atoms with Crippen molar-refractivity contribution in [2.24, 2.45) is 5.92 Å². The Bertz CT molecular complexity index is 562. The minimum atomic E-state index is -0.0791. The van der Waals surface area contributed by atoms with Crippen LogP contribution in [0.5, 0.6) is 0 Å². The van der Waals surface area contributed by atoms with Crippen LogP contribution >= 0.6 is 11.3 Å². The second kappa shape index (κ2) is 8.62. The summed E-state index contributed by atoms with van der Waals surface area (Å²) in [5, 5.41) is 6.54. The highest BCUT2D eigenvalue weighted by Gasteiger charge is 2.29. The summed E-state index contributed by atoms with van der Waals surface area (Å²) in [6.07, 6.45) is 9.45. The Labute approximate surface area is 147 Å². The van der Waals surface area contributed by atoms with Crippen molar-refractivity contribution in [3.05, 3.63) is 17.0 Å². The third kappa shape index (κ3) is 5.31. The highest BCUT2D eigenvalue weighted by Crippen LogP contribution is 2.31. The summed E-state index contributed by atoms with van der Waals surface area (Å²) in [5.74, 6) is 0.168. The number of thiophene rings is 1. The first kappa shape index (κ1) is 17.4. The van der Waals surface area contributed by atoms with E-state index < -0.39 is 0 Å². The Kier molecular flexibility index (Phi) is 6.26. The zero-order valence-electron chi connectivity index (χ0n) is 14.0. The van der Waals surface area contributed by atoms with Gasteiger partial charge < -0.3 is 15.4 Å². The summed E-state index contributed by atoms with van der Waals surface area (Å²) in [7, 11) is 0. The van der Waals surface area contributed by atoms with Crippen LogP contribution in [-0.2, 0) is 9.53 Å². The van der Waals surface area contributed by atoms with Crippen molar-refractivity contribution in [3.63, 3.8) is 0 Å². The van der Waals surface area contributed by atoms with E-state index in [0.29, 0.717) is 24.1 Å². The summed E-state index contributed by atoms with van der Waals surface area (Å²) in [4.78, 5) is 24.4. The molecule has 3 rings (SSSR count).